The summed E-state index contributed by atoms with van der Waals surface area (Å²) in [6.07, 6.45) is 0.758. The fraction of sp³-hybridized carbons (Fsp3) is 0.167. The van der Waals surface area contributed by atoms with Gasteiger partial charge in [0.2, 0.25) is 0 Å². The predicted octanol–water partition coefficient (Wildman–Crippen LogP) is 2.97. The molecule has 0 bridgehead atoms. The van der Waals surface area contributed by atoms with Gasteiger partial charge in [-0.15, -0.1) is 0 Å². The summed E-state index contributed by atoms with van der Waals surface area (Å²) in [6.45, 7) is 1.51. The van der Waals surface area contributed by atoms with Crippen molar-refractivity contribution in [2.45, 2.75) is 13.3 Å². The fourth-order valence-corrected chi connectivity index (χ4v) is 1.72. The highest BCUT2D eigenvalue weighted by atomic mass is 79.9. The van der Waals surface area contributed by atoms with E-state index < -0.39 is 0 Å². The van der Waals surface area contributed by atoms with Crippen molar-refractivity contribution < 1.29 is 4.79 Å². The highest BCUT2D eigenvalue weighted by molar-refractivity contribution is 9.10. The molecule has 0 saturated heterocycles. The molecule has 2 aromatic rings. The monoisotopic (exact) mass is 278 g/mol. The molecule has 0 aliphatic carbocycles. The third-order valence-corrected chi connectivity index (χ3v) is 2.83. The second kappa shape index (κ2) is 4.61. The van der Waals surface area contributed by atoms with Crippen molar-refractivity contribution in [1.29, 1.82) is 0 Å². The number of carbonyl (C=O) groups excluding carboxylic acids is 1. The summed E-state index contributed by atoms with van der Waals surface area (Å²) in [5.41, 5.74) is 2.63. The zero-order chi connectivity index (χ0) is 11.5. The number of aromatic nitrogens is 2. The molecule has 0 saturated carbocycles. The molecular weight excluding hydrogens is 268 g/mol. The second-order valence-electron chi connectivity index (χ2n) is 3.64. The molecule has 0 aliphatic rings. The van der Waals surface area contributed by atoms with Crippen molar-refractivity contribution in [1.82, 2.24) is 10.2 Å². The van der Waals surface area contributed by atoms with E-state index in [4.69, 9.17) is 0 Å². The van der Waals surface area contributed by atoms with Gasteiger partial charge in [0.05, 0.1) is 0 Å². The number of H-pyrrole nitrogens is 1. The van der Waals surface area contributed by atoms with Crippen molar-refractivity contribution in [3.05, 3.63) is 51.8 Å². The molecular formula is C12H11BrN2O. The van der Waals surface area contributed by atoms with Crippen LogP contribution in [0.4, 0.5) is 0 Å². The molecule has 0 amide bonds. The van der Waals surface area contributed by atoms with Crippen molar-refractivity contribution in [3.8, 4) is 0 Å². The van der Waals surface area contributed by atoms with E-state index >= 15 is 0 Å². The number of aromatic amines is 1. The van der Waals surface area contributed by atoms with Crippen molar-refractivity contribution in [2.75, 3.05) is 0 Å². The number of halogens is 1. The molecule has 1 aromatic heterocycles. The maximum Gasteiger partial charge on any atom is 0.179 e. The maximum absolute atomic E-state index is 11.1. The molecule has 0 fully saturated rings. The first-order chi connectivity index (χ1) is 7.65. The van der Waals surface area contributed by atoms with Gasteiger partial charge in [-0.05, 0) is 23.8 Å². The van der Waals surface area contributed by atoms with E-state index in [1.165, 1.54) is 12.5 Å². The van der Waals surface area contributed by atoms with Crippen LogP contribution in [-0.4, -0.2) is 16.0 Å². The number of ketones is 1. The fourth-order valence-electron chi connectivity index (χ4n) is 1.45. The quantitative estimate of drug-likeness (QED) is 0.878. The zero-order valence-electron chi connectivity index (χ0n) is 8.83. The van der Waals surface area contributed by atoms with E-state index in [0.717, 1.165) is 16.6 Å². The summed E-state index contributed by atoms with van der Waals surface area (Å²) in [4.78, 5) is 11.1. The number of carbonyl (C=O) groups is 1. The van der Waals surface area contributed by atoms with Gasteiger partial charge in [0.25, 0.3) is 0 Å². The van der Waals surface area contributed by atoms with Gasteiger partial charge in [0.15, 0.2) is 5.78 Å². The van der Waals surface area contributed by atoms with Gasteiger partial charge in [-0.25, -0.2) is 0 Å². The van der Waals surface area contributed by atoms with Crippen LogP contribution in [0.1, 0.15) is 28.7 Å². The Kier molecular flexibility index (Phi) is 3.19. The van der Waals surface area contributed by atoms with E-state index in [2.05, 4.69) is 26.1 Å². The molecule has 0 atom stereocenters. The molecule has 0 aliphatic heterocycles. The summed E-state index contributed by atoms with van der Waals surface area (Å²) in [5, 5.41) is 6.81. The Morgan fingerprint density at radius 1 is 1.38 bits per heavy atom. The molecule has 0 radical (unpaired) electrons. The summed E-state index contributed by atoms with van der Waals surface area (Å²) in [6, 6.07) is 9.87. The molecule has 3 nitrogen and oxygen atoms in total. The van der Waals surface area contributed by atoms with Crippen LogP contribution in [0.5, 0.6) is 0 Å². The largest absolute Gasteiger partial charge is 0.293 e. The van der Waals surface area contributed by atoms with Crippen LogP contribution in [0.3, 0.4) is 0 Å². The first kappa shape index (κ1) is 11.1. The molecule has 4 heteroatoms. The Morgan fingerprint density at radius 3 is 2.62 bits per heavy atom. The van der Waals surface area contributed by atoms with Gasteiger partial charge in [0, 0.05) is 23.5 Å². The first-order valence-corrected chi connectivity index (χ1v) is 5.74. The minimum absolute atomic E-state index is 0.0155. The van der Waals surface area contributed by atoms with Gasteiger partial charge in [-0.2, -0.15) is 5.10 Å². The molecule has 16 heavy (non-hydrogen) atoms. The van der Waals surface area contributed by atoms with Crippen LogP contribution in [0.15, 0.2) is 34.8 Å². The highest BCUT2D eigenvalue weighted by Crippen LogP contribution is 2.13. The number of benzene rings is 1. The Labute approximate surface area is 102 Å². The molecule has 2 rings (SSSR count). The van der Waals surface area contributed by atoms with E-state index in [1.54, 1.807) is 6.07 Å². The Morgan fingerprint density at radius 2 is 2.06 bits per heavy atom. The third kappa shape index (κ3) is 2.58. The van der Waals surface area contributed by atoms with E-state index in [0.29, 0.717) is 5.69 Å². The Balaban J connectivity index is 2.14. The molecule has 0 spiro atoms. The van der Waals surface area contributed by atoms with Crippen LogP contribution in [0.2, 0.25) is 0 Å². The minimum Gasteiger partial charge on any atom is -0.293 e. The standard InChI is InChI=1S/C12H11BrN2O/c1-8(16)12-7-11(14-15-12)6-9-2-4-10(13)5-3-9/h2-5,7H,6H2,1H3,(H,14,15). The number of hydrogen-bond acceptors (Lipinski definition) is 2. The normalized spacial score (nSPS) is 10.4. The van der Waals surface area contributed by atoms with Crippen LogP contribution in [0, 0.1) is 0 Å². The number of hydrogen-bond donors (Lipinski definition) is 1. The SMILES string of the molecule is CC(=O)c1cc(Cc2ccc(Br)cc2)[nH]n1. The van der Waals surface area contributed by atoms with Crippen LogP contribution in [0.25, 0.3) is 0 Å². The molecule has 1 N–H and O–H groups in total. The molecule has 82 valence electrons. The number of nitrogens with one attached hydrogen (secondary N) is 1. The maximum atomic E-state index is 11.1. The summed E-state index contributed by atoms with van der Waals surface area (Å²) in [7, 11) is 0. The lowest BCUT2D eigenvalue weighted by Gasteiger charge is -1.98. The van der Waals surface area contributed by atoms with Crippen molar-refractivity contribution in [2.24, 2.45) is 0 Å². The first-order valence-electron chi connectivity index (χ1n) is 4.95. The zero-order valence-corrected chi connectivity index (χ0v) is 10.4. The highest BCUT2D eigenvalue weighted by Gasteiger charge is 2.05. The predicted molar refractivity (Wildman–Crippen MR) is 65.5 cm³/mol. The molecule has 1 aromatic carbocycles. The summed E-state index contributed by atoms with van der Waals surface area (Å²) >= 11 is 3.39. The van der Waals surface area contributed by atoms with Gasteiger partial charge >= 0.3 is 0 Å². The van der Waals surface area contributed by atoms with E-state index in [-0.39, 0.29) is 5.78 Å². The average Bonchev–Trinajstić information content (AvgIpc) is 2.70. The number of Topliss-reactive ketones (excluding diaryl/α,β-unsaturated/α-hetero) is 1. The van der Waals surface area contributed by atoms with Crippen LogP contribution < -0.4 is 0 Å². The smallest absolute Gasteiger partial charge is 0.179 e. The molecule has 0 unspecified atom stereocenters. The lowest BCUT2D eigenvalue weighted by molar-refractivity contribution is 0.101. The lowest BCUT2D eigenvalue weighted by Crippen LogP contribution is -1.90. The number of nitrogens with zero attached hydrogens (tertiary/aromatic N) is 1. The van der Waals surface area contributed by atoms with Crippen molar-refractivity contribution in [3.63, 3.8) is 0 Å². The van der Waals surface area contributed by atoms with Gasteiger partial charge in [-0.1, -0.05) is 28.1 Å². The minimum atomic E-state index is -0.0155. The van der Waals surface area contributed by atoms with Gasteiger partial charge in [0.1, 0.15) is 5.69 Å². The van der Waals surface area contributed by atoms with E-state index in [9.17, 15) is 4.79 Å². The topological polar surface area (TPSA) is 45.8 Å². The van der Waals surface area contributed by atoms with Gasteiger partial charge in [-0.3, -0.25) is 9.89 Å². The molecule has 1 heterocycles. The Hall–Kier alpha value is -1.42. The number of rotatable bonds is 3. The van der Waals surface area contributed by atoms with Crippen LogP contribution in [-0.2, 0) is 6.42 Å². The summed E-state index contributed by atoms with van der Waals surface area (Å²) in [5.74, 6) is -0.0155. The third-order valence-electron chi connectivity index (χ3n) is 2.30. The second-order valence-corrected chi connectivity index (χ2v) is 4.55. The van der Waals surface area contributed by atoms with Crippen molar-refractivity contribution >= 4 is 21.7 Å². The van der Waals surface area contributed by atoms with Gasteiger partial charge < -0.3 is 0 Å². The lowest BCUT2D eigenvalue weighted by atomic mass is 10.1. The summed E-state index contributed by atoms with van der Waals surface area (Å²) < 4.78 is 1.06. The Bertz CT molecular complexity index is 502. The van der Waals surface area contributed by atoms with E-state index in [1.807, 2.05) is 24.3 Å². The van der Waals surface area contributed by atoms with Crippen LogP contribution >= 0.6 is 15.9 Å². The average molecular weight is 279 g/mol.